The lowest BCUT2D eigenvalue weighted by molar-refractivity contribution is 0.0600. The SMILES string of the molecule is COC(=O)c1ccc(C)c(S(=O)(=O)Nc2ccccc2I)c1. The molecule has 7 heteroatoms. The Bertz CT molecular complexity index is 818. The largest absolute Gasteiger partial charge is 0.465 e. The first kappa shape index (κ1) is 16.8. The van der Waals surface area contributed by atoms with Crippen molar-refractivity contribution in [1.29, 1.82) is 0 Å². The number of para-hydroxylation sites is 1. The summed E-state index contributed by atoms with van der Waals surface area (Å²) in [6.45, 7) is 1.67. The van der Waals surface area contributed by atoms with Gasteiger partial charge in [0.25, 0.3) is 10.0 Å². The molecule has 5 nitrogen and oxygen atoms in total. The van der Waals surface area contributed by atoms with E-state index in [1.165, 1.54) is 19.2 Å². The number of rotatable bonds is 4. The molecule has 0 bridgehead atoms. The van der Waals surface area contributed by atoms with Crippen molar-refractivity contribution in [3.05, 3.63) is 57.2 Å². The number of nitrogens with one attached hydrogen (secondary N) is 1. The Morgan fingerprint density at radius 1 is 1.18 bits per heavy atom. The molecule has 0 radical (unpaired) electrons. The Hall–Kier alpha value is -1.61. The molecular weight excluding hydrogens is 417 g/mol. The molecule has 0 aliphatic carbocycles. The summed E-state index contributed by atoms with van der Waals surface area (Å²) >= 11 is 2.05. The van der Waals surface area contributed by atoms with E-state index < -0.39 is 16.0 Å². The minimum absolute atomic E-state index is 0.0510. The third-order valence-corrected chi connectivity index (χ3v) is 5.47. The Balaban J connectivity index is 2.45. The zero-order chi connectivity index (χ0) is 16.3. The van der Waals surface area contributed by atoms with Gasteiger partial charge >= 0.3 is 5.97 Å². The minimum atomic E-state index is -3.79. The topological polar surface area (TPSA) is 72.5 Å². The average molecular weight is 431 g/mol. The van der Waals surface area contributed by atoms with Crippen LogP contribution in [0.2, 0.25) is 0 Å². The number of halogens is 1. The number of ether oxygens (including phenoxy) is 1. The van der Waals surface area contributed by atoms with Crippen LogP contribution in [-0.2, 0) is 14.8 Å². The van der Waals surface area contributed by atoms with E-state index in [1.54, 1.807) is 31.2 Å². The number of carbonyl (C=O) groups is 1. The summed E-state index contributed by atoms with van der Waals surface area (Å²) in [6, 6.07) is 11.5. The van der Waals surface area contributed by atoms with Gasteiger partial charge in [0.2, 0.25) is 0 Å². The molecule has 0 aromatic heterocycles. The molecule has 116 valence electrons. The van der Waals surface area contributed by atoms with Crippen molar-refractivity contribution in [3.63, 3.8) is 0 Å². The number of hydrogen-bond donors (Lipinski definition) is 1. The summed E-state index contributed by atoms with van der Waals surface area (Å²) in [5.74, 6) is -0.578. The summed E-state index contributed by atoms with van der Waals surface area (Å²) in [5.41, 5.74) is 1.23. The number of carbonyl (C=O) groups excluding carboxylic acids is 1. The maximum Gasteiger partial charge on any atom is 0.337 e. The van der Waals surface area contributed by atoms with E-state index in [0.717, 1.165) is 3.57 Å². The summed E-state index contributed by atoms with van der Waals surface area (Å²) < 4.78 is 33.1. The summed E-state index contributed by atoms with van der Waals surface area (Å²) in [5, 5.41) is 0. The molecule has 0 saturated carbocycles. The normalized spacial score (nSPS) is 11.0. The van der Waals surface area contributed by atoms with Crippen LogP contribution >= 0.6 is 22.6 Å². The van der Waals surface area contributed by atoms with Gasteiger partial charge in [-0.1, -0.05) is 18.2 Å². The summed E-state index contributed by atoms with van der Waals surface area (Å²) in [6.07, 6.45) is 0. The van der Waals surface area contributed by atoms with Crippen molar-refractivity contribution in [2.24, 2.45) is 0 Å². The van der Waals surface area contributed by atoms with Gasteiger partial charge in [0, 0.05) is 3.57 Å². The number of anilines is 1. The van der Waals surface area contributed by atoms with E-state index in [1.807, 2.05) is 6.07 Å². The number of methoxy groups -OCH3 is 1. The molecule has 0 amide bonds. The fourth-order valence-corrected chi connectivity index (χ4v) is 3.93. The predicted octanol–water partition coefficient (Wildman–Crippen LogP) is 3.19. The van der Waals surface area contributed by atoms with Crippen molar-refractivity contribution in [2.45, 2.75) is 11.8 Å². The van der Waals surface area contributed by atoms with Gasteiger partial charge in [0.15, 0.2) is 0 Å². The molecule has 22 heavy (non-hydrogen) atoms. The molecule has 2 rings (SSSR count). The fraction of sp³-hybridized carbons (Fsp3) is 0.133. The molecule has 0 fully saturated rings. The Labute approximate surface area is 142 Å². The first-order chi connectivity index (χ1) is 10.3. The third-order valence-electron chi connectivity index (χ3n) is 3.02. The van der Waals surface area contributed by atoms with E-state index in [9.17, 15) is 13.2 Å². The number of benzene rings is 2. The highest BCUT2D eigenvalue weighted by molar-refractivity contribution is 14.1. The van der Waals surface area contributed by atoms with E-state index in [4.69, 9.17) is 0 Å². The van der Waals surface area contributed by atoms with Crippen molar-refractivity contribution in [1.82, 2.24) is 0 Å². The zero-order valence-electron chi connectivity index (χ0n) is 12.0. The Morgan fingerprint density at radius 2 is 1.86 bits per heavy atom. The smallest absolute Gasteiger partial charge is 0.337 e. The highest BCUT2D eigenvalue weighted by Gasteiger charge is 2.20. The number of esters is 1. The third kappa shape index (κ3) is 3.58. The lowest BCUT2D eigenvalue weighted by atomic mass is 10.1. The van der Waals surface area contributed by atoms with Gasteiger partial charge in [0.05, 0.1) is 23.3 Å². The van der Waals surface area contributed by atoms with Gasteiger partial charge in [-0.15, -0.1) is 0 Å². The van der Waals surface area contributed by atoms with Gasteiger partial charge in [0.1, 0.15) is 0 Å². The van der Waals surface area contributed by atoms with E-state index >= 15 is 0 Å². The summed E-state index contributed by atoms with van der Waals surface area (Å²) in [4.78, 5) is 11.6. The van der Waals surface area contributed by atoms with Gasteiger partial charge in [-0.05, 0) is 59.3 Å². The van der Waals surface area contributed by atoms with Crippen molar-refractivity contribution < 1.29 is 17.9 Å². The fourth-order valence-electron chi connectivity index (χ4n) is 1.88. The molecule has 1 N–H and O–H groups in total. The van der Waals surface area contributed by atoms with E-state index in [-0.39, 0.29) is 10.5 Å². The molecule has 0 spiro atoms. The van der Waals surface area contributed by atoms with Crippen LogP contribution in [-0.4, -0.2) is 21.5 Å². The molecular formula is C15H14INO4S. The second-order valence-corrected chi connectivity index (χ2v) is 7.37. The second kappa shape index (κ2) is 6.66. The molecule has 2 aromatic carbocycles. The minimum Gasteiger partial charge on any atom is -0.465 e. The first-order valence-electron chi connectivity index (χ1n) is 6.31. The predicted molar refractivity (Wildman–Crippen MR) is 92.5 cm³/mol. The highest BCUT2D eigenvalue weighted by Crippen LogP contribution is 2.24. The lowest BCUT2D eigenvalue weighted by Gasteiger charge is -2.12. The zero-order valence-corrected chi connectivity index (χ0v) is 14.9. The molecule has 0 aliphatic heterocycles. The van der Waals surface area contributed by atoms with Crippen LogP contribution in [0, 0.1) is 10.5 Å². The molecule has 0 atom stereocenters. The van der Waals surface area contributed by atoms with Crippen LogP contribution in [0.1, 0.15) is 15.9 Å². The number of hydrogen-bond acceptors (Lipinski definition) is 4. The highest BCUT2D eigenvalue weighted by atomic mass is 127. The van der Waals surface area contributed by atoms with Crippen molar-refractivity contribution >= 4 is 44.3 Å². The molecule has 0 saturated heterocycles. The molecule has 0 unspecified atom stereocenters. The maximum atomic E-state index is 12.6. The van der Waals surface area contributed by atoms with Crippen LogP contribution in [0.3, 0.4) is 0 Å². The standard InChI is InChI=1S/C15H14INO4S/c1-10-7-8-11(15(18)21-2)9-14(10)22(19,20)17-13-6-4-3-5-12(13)16/h3-9,17H,1-2H3. The summed E-state index contributed by atoms with van der Waals surface area (Å²) in [7, 11) is -2.54. The maximum absolute atomic E-state index is 12.6. The quantitative estimate of drug-likeness (QED) is 0.597. The van der Waals surface area contributed by atoms with Crippen LogP contribution in [0.5, 0.6) is 0 Å². The number of sulfonamides is 1. The number of aryl methyl sites for hydroxylation is 1. The van der Waals surface area contributed by atoms with Crippen molar-refractivity contribution in [2.75, 3.05) is 11.8 Å². The van der Waals surface area contributed by atoms with Gasteiger partial charge in [-0.2, -0.15) is 0 Å². The van der Waals surface area contributed by atoms with E-state index in [2.05, 4.69) is 32.0 Å². The Morgan fingerprint density at radius 3 is 2.50 bits per heavy atom. The molecule has 0 heterocycles. The van der Waals surface area contributed by atoms with Crippen LogP contribution in [0.4, 0.5) is 5.69 Å². The van der Waals surface area contributed by atoms with Gasteiger partial charge < -0.3 is 4.74 Å². The van der Waals surface area contributed by atoms with Crippen molar-refractivity contribution in [3.8, 4) is 0 Å². The molecule has 0 aliphatic rings. The second-order valence-electron chi connectivity index (χ2n) is 4.56. The van der Waals surface area contributed by atoms with Crippen LogP contribution in [0.25, 0.3) is 0 Å². The molecule has 2 aromatic rings. The van der Waals surface area contributed by atoms with Gasteiger partial charge in [-0.3, -0.25) is 4.72 Å². The first-order valence-corrected chi connectivity index (χ1v) is 8.87. The Kier molecular flexibility index (Phi) is 5.07. The monoisotopic (exact) mass is 431 g/mol. The van der Waals surface area contributed by atoms with E-state index in [0.29, 0.717) is 11.3 Å². The average Bonchev–Trinajstić information content (AvgIpc) is 2.49. The lowest BCUT2D eigenvalue weighted by Crippen LogP contribution is -2.16. The van der Waals surface area contributed by atoms with Gasteiger partial charge in [-0.25, -0.2) is 13.2 Å². The van der Waals surface area contributed by atoms with Crippen LogP contribution in [0.15, 0.2) is 47.4 Å². The van der Waals surface area contributed by atoms with Crippen LogP contribution < -0.4 is 4.72 Å².